The van der Waals surface area contributed by atoms with E-state index in [-0.39, 0.29) is 36.1 Å². The molecule has 0 unspecified atom stereocenters. The molecule has 2 aromatic rings. The molecular weight excluding hydrogens is 493 g/mol. The molecule has 4 N–H and O–H groups in total. The molecule has 0 atom stereocenters. The summed E-state index contributed by atoms with van der Waals surface area (Å²) in [5, 5.41) is 5.10. The Balaban J connectivity index is 0.00000280. The summed E-state index contributed by atoms with van der Waals surface area (Å²) in [7, 11) is 0. The Bertz CT molecular complexity index is 818. The molecule has 0 radical (unpaired) electrons. The Morgan fingerprint density at radius 3 is 2.89 bits per heavy atom. The third-order valence-corrected chi connectivity index (χ3v) is 5.00. The summed E-state index contributed by atoms with van der Waals surface area (Å²) >= 11 is 6.08. The molecule has 7 nitrogen and oxygen atoms in total. The van der Waals surface area contributed by atoms with Gasteiger partial charge in [-0.2, -0.15) is 0 Å². The number of aliphatic imine (C=N–C) groups is 1. The zero-order valence-corrected chi connectivity index (χ0v) is 19.0. The van der Waals surface area contributed by atoms with Crippen LogP contribution in [0.4, 0.5) is 4.79 Å². The van der Waals surface area contributed by atoms with E-state index in [4.69, 9.17) is 22.1 Å². The lowest BCUT2D eigenvalue weighted by molar-refractivity contribution is 0.0963. The van der Waals surface area contributed by atoms with E-state index in [0.717, 1.165) is 35.2 Å². The van der Waals surface area contributed by atoms with Crippen LogP contribution in [0.1, 0.15) is 25.3 Å². The van der Waals surface area contributed by atoms with Gasteiger partial charge < -0.3 is 25.7 Å². The van der Waals surface area contributed by atoms with E-state index >= 15 is 0 Å². The minimum Gasteiger partial charge on any atom is -0.450 e. The van der Waals surface area contributed by atoms with E-state index in [1.165, 1.54) is 5.56 Å². The van der Waals surface area contributed by atoms with Crippen LogP contribution in [0.3, 0.4) is 0 Å². The molecule has 1 aromatic heterocycles. The second-order valence-corrected chi connectivity index (χ2v) is 7.06. The lowest BCUT2D eigenvalue weighted by atomic mass is 10.1. The van der Waals surface area contributed by atoms with Crippen molar-refractivity contribution in [2.45, 2.75) is 32.2 Å². The maximum Gasteiger partial charge on any atom is 0.409 e. The number of carbonyl (C=O) groups is 1. The summed E-state index contributed by atoms with van der Waals surface area (Å²) in [5.41, 5.74) is 8.27. The predicted octanol–water partition coefficient (Wildman–Crippen LogP) is 3.51. The van der Waals surface area contributed by atoms with Gasteiger partial charge in [0, 0.05) is 47.8 Å². The van der Waals surface area contributed by atoms with E-state index in [9.17, 15) is 4.79 Å². The van der Waals surface area contributed by atoms with Crippen molar-refractivity contribution in [1.82, 2.24) is 15.2 Å². The summed E-state index contributed by atoms with van der Waals surface area (Å²) in [4.78, 5) is 21.1. The fourth-order valence-electron chi connectivity index (χ4n) is 3.33. The van der Waals surface area contributed by atoms with Crippen molar-refractivity contribution < 1.29 is 9.53 Å². The smallest absolute Gasteiger partial charge is 0.409 e. The standard InChI is InChI=1S/C19H26ClN5O2.HI/c1-2-27-19(26)25-9-6-15(7-10-25)24-18(21)22-8-5-13-12-23-17-4-3-14(20)11-16(13)17;/h3-4,11-12,15,23H,2,5-10H2,1H3,(H3,21,22,24);1H. The van der Waals surface area contributed by atoms with E-state index in [2.05, 4.69) is 15.3 Å². The molecule has 1 aromatic carbocycles. The average Bonchev–Trinajstić information content (AvgIpc) is 3.05. The van der Waals surface area contributed by atoms with Crippen LogP contribution >= 0.6 is 35.6 Å². The Morgan fingerprint density at radius 1 is 1.43 bits per heavy atom. The third-order valence-electron chi connectivity index (χ3n) is 4.77. The van der Waals surface area contributed by atoms with Crippen molar-refractivity contribution in [3.63, 3.8) is 0 Å². The second kappa shape index (κ2) is 10.8. The number of rotatable bonds is 5. The summed E-state index contributed by atoms with van der Waals surface area (Å²) in [5.74, 6) is 0.447. The molecule has 0 saturated carbocycles. The van der Waals surface area contributed by atoms with Crippen LogP contribution in [0.2, 0.25) is 5.02 Å². The predicted molar refractivity (Wildman–Crippen MR) is 124 cm³/mol. The Hall–Kier alpha value is -1.68. The summed E-state index contributed by atoms with van der Waals surface area (Å²) in [6.07, 6.45) is 4.19. The molecule has 1 amide bonds. The number of nitrogens with two attached hydrogens (primary N) is 1. The number of piperidine rings is 1. The normalized spacial score (nSPS) is 15.4. The maximum absolute atomic E-state index is 11.7. The first-order chi connectivity index (χ1) is 13.1. The van der Waals surface area contributed by atoms with Crippen LogP contribution in [-0.4, -0.2) is 54.2 Å². The fraction of sp³-hybridized carbons (Fsp3) is 0.474. The molecule has 0 bridgehead atoms. The number of aromatic nitrogens is 1. The minimum absolute atomic E-state index is 0. The van der Waals surface area contributed by atoms with Gasteiger partial charge in [0.05, 0.1) is 6.61 Å². The van der Waals surface area contributed by atoms with E-state index < -0.39 is 0 Å². The SMILES string of the molecule is CCOC(=O)N1CCC(NC(N)=NCCc2c[nH]c3ccc(Cl)cc23)CC1.I. The summed E-state index contributed by atoms with van der Waals surface area (Å²) < 4.78 is 5.03. The molecule has 154 valence electrons. The number of H-pyrrole nitrogens is 1. The first kappa shape index (κ1) is 22.6. The van der Waals surface area contributed by atoms with Gasteiger partial charge >= 0.3 is 6.09 Å². The molecule has 0 spiro atoms. The average molecular weight is 520 g/mol. The number of amides is 1. The fourth-order valence-corrected chi connectivity index (χ4v) is 3.50. The van der Waals surface area contributed by atoms with Crippen molar-refractivity contribution in [1.29, 1.82) is 0 Å². The summed E-state index contributed by atoms with van der Waals surface area (Å²) in [6, 6.07) is 6.04. The molecule has 1 saturated heterocycles. The zero-order chi connectivity index (χ0) is 19.2. The Labute approximate surface area is 187 Å². The second-order valence-electron chi connectivity index (χ2n) is 6.63. The monoisotopic (exact) mass is 519 g/mol. The molecular formula is C19H27ClIN5O2. The molecule has 1 aliphatic rings. The van der Waals surface area contributed by atoms with Gasteiger partial charge in [0.1, 0.15) is 0 Å². The first-order valence-electron chi connectivity index (χ1n) is 9.30. The number of benzene rings is 1. The maximum atomic E-state index is 11.7. The van der Waals surface area contributed by atoms with Gasteiger partial charge in [0.2, 0.25) is 0 Å². The quantitative estimate of drug-likeness (QED) is 0.320. The number of aromatic amines is 1. The lowest BCUT2D eigenvalue weighted by Gasteiger charge is -2.31. The lowest BCUT2D eigenvalue weighted by Crippen LogP contribution is -2.48. The number of hydrogen-bond acceptors (Lipinski definition) is 3. The van der Waals surface area contributed by atoms with Crippen LogP contribution in [0, 0.1) is 0 Å². The minimum atomic E-state index is -0.239. The molecule has 3 rings (SSSR count). The van der Waals surface area contributed by atoms with Crippen LogP contribution in [0.25, 0.3) is 10.9 Å². The van der Waals surface area contributed by atoms with Gasteiger partial charge in [-0.25, -0.2) is 4.79 Å². The molecule has 1 aliphatic heterocycles. The van der Waals surface area contributed by atoms with Gasteiger partial charge in [-0.05, 0) is 49.9 Å². The number of ether oxygens (including phenoxy) is 1. The van der Waals surface area contributed by atoms with Crippen molar-refractivity contribution in [2.75, 3.05) is 26.2 Å². The van der Waals surface area contributed by atoms with E-state index in [1.54, 1.807) is 4.90 Å². The number of guanidine groups is 1. The van der Waals surface area contributed by atoms with Crippen LogP contribution in [-0.2, 0) is 11.2 Å². The number of likely N-dealkylation sites (tertiary alicyclic amines) is 1. The molecule has 1 fully saturated rings. The highest BCUT2D eigenvalue weighted by Crippen LogP contribution is 2.22. The molecule has 2 heterocycles. The Kier molecular flexibility index (Phi) is 8.68. The van der Waals surface area contributed by atoms with Crippen molar-refractivity contribution in [2.24, 2.45) is 10.7 Å². The molecule has 0 aliphatic carbocycles. The van der Waals surface area contributed by atoms with Crippen molar-refractivity contribution >= 4 is 58.5 Å². The highest BCUT2D eigenvalue weighted by Gasteiger charge is 2.23. The van der Waals surface area contributed by atoms with Crippen molar-refractivity contribution in [3.05, 3.63) is 35.0 Å². The molecule has 9 heteroatoms. The van der Waals surface area contributed by atoms with E-state index in [0.29, 0.717) is 32.2 Å². The van der Waals surface area contributed by atoms with Gasteiger partial charge in [0.25, 0.3) is 0 Å². The van der Waals surface area contributed by atoms with Gasteiger partial charge in [-0.1, -0.05) is 11.6 Å². The number of hydrogen-bond donors (Lipinski definition) is 3. The number of nitrogens with zero attached hydrogens (tertiary/aromatic N) is 2. The Morgan fingerprint density at radius 2 is 2.18 bits per heavy atom. The highest BCUT2D eigenvalue weighted by atomic mass is 127. The number of fused-ring (bicyclic) bond motifs is 1. The largest absolute Gasteiger partial charge is 0.450 e. The first-order valence-corrected chi connectivity index (χ1v) is 9.68. The van der Waals surface area contributed by atoms with Crippen LogP contribution < -0.4 is 11.1 Å². The van der Waals surface area contributed by atoms with Crippen LogP contribution in [0.5, 0.6) is 0 Å². The van der Waals surface area contributed by atoms with E-state index in [1.807, 2.05) is 31.3 Å². The van der Waals surface area contributed by atoms with Gasteiger partial charge in [-0.15, -0.1) is 24.0 Å². The van der Waals surface area contributed by atoms with Gasteiger partial charge in [-0.3, -0.25) is 4.99 Å². The number of nitrogens with one attached hydrogen (secondary N) is 2. The van der Waals surface area contributed by atoms with Crippen molar-refractivity contribution in [3.8, 4) is 0 Å². The number of halogens is 2. The zero-order valence-electron chi connectivity index (χ0n) is 15.9. The number of carbonyl (C=O) groups excluding carboxylic acids is 1. The molecule has 28 heavy (non-hydrogen) atoms. The summed E-state index contributed by atoms with van der Waals surface area (Å²) in [6.45, 7) is 4.15. The third kappa shape index (κ3) is 5.91. The van der Waals surface area contributed by atoms with Crippen LogP contribution in [0.15, 0.2) is 29.4 Å². The highest BCUT2D eigenvalue weighted by molar-refractivity contribution is 14.0. The van der Waals surface area contributed by atoms with Gasteiger partial charge in [0.15, 0.2) is 5.96 Å². The topological polar surface area (TPSA) is 95.7 Å².